The van der Waals surface area contributed by atoms with Gasteiger partial charge in [-0.2, -0.15) is 0 Å². The monoisotopic (exact) mass is 202 g/mol. The summed E-state index contributed by atoms with van der Waals surface area (Å²) in [7, 11) is 0. The molecule has 1 heterocycles. The van der Waals surface area contributed by atoms with E-state index in [0.717, 1.165) is 32.7 Å². The largest absolute Gasteiger partial charge is 0.395 e. The summed E-state index contributed by atoms with van der Waals surface area (Å²) >= 11 is 0. The van der Waals surface area contributed by atoms with E-state index < -0.39 is 0 Å². The average molecular weight is 202 g/mol. The van der Waals surface area contributed by atoms with Crippen LogP contribution < -0.4 is 0 Å². The molecule has 14 heavy (non-hydrogen) atoms. The van der Waals surface area contributed by atoms with E-state index in [9.17, 15) is 0 Å². The fraction of sp³-hybridized carbons (Fsp3) is 1.00. The van der Waals surface area contributed by atoms with Gasteiger partial charge in [0.2, 0.25) is 0 Å². The Balaban J connectivity index is 0.000000791. The van der Waals surface area contributed by atoms with E-state index in [-0.39, 0.29) is 0 Å². The van der Waals surface area contributed by atoms with E-state index in [0.29, 0.717) is 12.6 Å². The van der Waals surface area contributed by atoms with Gasteiger partial charge in [-0.1, -0.05) is 13.8 Å². The van der Waals surface area contributed by atoms with Gasteiger partial charge in [0, 0.05) is 38.8 Å². The summed E-state index contributed by atoms with van der Waals surface area (Å²) in [5.74, 6) is 0. The van der Waals surface area contributed by atoms with Gasteiger partial charge in [-0.15, -0.1) is 0 Å². The molecule has 0 unspecified atom stereocenters. The zero-order valence-corrected chi connectivity index (χ0v) is 10.2. The molecule has 0 bridgehead atoms. The second kappa shape index (κ2) is 8.21. The quantitative estimate of drug-likeness (QED) is 0.740. The van der Waals surface area contributed by atoms with E-state index in [2.05, 4.69) is 23.6 Å². The minimum Gasteiger partial charge on any atom is -0.395 e. The predicted octanol–water partition coefficient (Wildman–Crippen LogP) is 1.03. The molecule has 1 aliphatic rings. The normalized spacial score (nSPS) is 19.3. The van der Waals surface area contributed by atoms with Gasteiger partial charge < -0.3 is 5.11 Å². The van der Waals surface area contributed by atoms with Gasteiger partial charge in [-0.05, 0) is 13.8 Å². The zero-order valence-electron chi connectivity index (χ0n) is 10.2. The summed E-state index contributed by atoms with van der Waals surface area (Å²) in [4.78, 5) is 4.80. The first kappa shape index (κ1) is 13.9. The number of rotatable bonds is 3. The average Bonchev–Trinajstić information content (AvgIpc) is 2.22. The van der Waals surface area contributed by atoms with Crippen LogP contribution in [0.25, 0.3) is 0 Å². The van der Waals surface area contributed by atoms with E-state index >= 15 is 0 Å². The van der Waals surface area contributed by atoms with E-state index in [1.54, 1.807) is 0 Å². The molecule has 0 aromatic rings. The topological polar surface area (TPSA) is 26.7 Å². The standard InChI is InChI=1S/C9H20N2O.C2H6/c1-9(2)11-5-3-10(4-6-11)7-8-12;1-2/h9,12H,3-8H2,1-2H3;1-2H3. The Kier molecular flexibility index (Phi) is 8.14. The second-order valence-corrected chi connectivity index (χ2v) is 3.69. The van der Waals surface area contributed by atoms with E-state index in [1.807, 2.05) is 13.8 Å². The lowest BCUT2D eigenvalue weighted by atomic mass is 10.2. The van der Waals surface area contributed by atoms with Gasteiger partial charge in [-0.3, -0.25) is 9.80 Å². The molecule has 3 heteroatoms. The first-order valence-electron chi connectivity index (χ1n) is 5.81. The maximum absolute atomic E-state index is 8.74. The zero-order chi connectivity index (χ0) is 11.0. The minimum atomic E-state index is 0.293. The minimum absolute atomic E-state index is 0.293. The van der Waals surface area contributed by atoms with Crippen molar-refractivity contribution in [1.29, 1.82) is 0 Å². The maximum atomic E-state index is 8.74. The van der Waals surface area contributed by atoms with Crippen LogP contribution in [0.2, 0.25) is 0 Å². The molecule has 0 radical (unpaired) electrons. The highest BCUT2D eigenvalue weighted by atomic mass is 16.3. The predicted molar refractivity (Wildman–Crippen MR) is 61.6 cm³/mol. The molecule has 0 spiro atoms. The van der Waals surface area contributed by atoms with Gasteiger partial charge in [0.1, 0.15) is 0 Å². The molecule has 1 saturated heterocycles. The Bertz CT molecular complexity index is 120. The Morgan fingerprint density at radius 2 is 1.57 bits per heavy atom. The summed E-state index contributed by atoms with van der Waals surface area (Å²) < 4.78 is 0. The van der Waals surface area contributed by atoms with Crippen LogP contribution in [0.3, 0.4) is 0 Å². The third-order valence-electron chi connectivity index (χ3n) is 2.55. The fourth-order valence-corrected chi connectivity index (χ4v) is 1.64. The van der Waals surface area contributed by atoms with Crippen LogP contribution in [-0.4, -0.2) is 60.3 Å². The van der Waals surface area contributed by atoms with Crippen LogP contribution in [0.4, 0.5) is 0 Å². The smallest absolute Gasteiger partial charge is 0.0558 e. The SMILES string of the molecule is CC.CC(C)N1CCN(CCO)CC1. The third-order valence-corrected chi connectivity index (χ3v) is 2.55. The molecule has 1 aliphatic heterocycles. The van der Waals surface area contributed by atoms with Crippen LogP contribution in [0.1, 0.15) is 27.7 Å². The van der Waals surface area contributed by atoms with Crippen molar-refractivity contribution in [2.75, 3.05) is 39.3 Å². The summed E-state index contributed by atoms with van der Waals surface area (Å²) in [6.07, 6.45) is 0. The van der Waals surface area contributed by atoms with Crippen molar-refractivity contribution < 1.29 is 5.11 Å². The van der Waals surface area contributed by atoms with Crippen LogP contribution in [0, 0.1) is 0 Å². The molecule has 0 amide bonds. The number of piperazine rings is 1. The van der Waals surface area contributed by atoms with Crippen molar-refractivity contribution >= 4 is 0 Å². The van der Waals surface area contributed by atoms with Crippen molar-refractivity contribution in [3.8, 4) is 0 Å². The molecule has 0 aromatic carbocycles. The molecule has 3 nitrogen and oxygen atoms in total. The molecule has 0 atom stereocenters. The van der Waals surface area contributed by atoms with Crippen molar-refractivity contribution in [1.82, 2.24) is 9.80 Å². The van der Waals surface area contributed by atoms with Gasteiger partial charge in [-0.25, -0.2) is 0 Å². The Morgan fingerprint density at radius 1 is 1.07 bits per heavy atom. The van der Waals surface area contributed by atoms with Crippen LogP contribution in [0.15, 0.2) is 0 Å². The van der Waals surface area contributed by atoms with Crippen molar-refractivity contribution in [2.45, 2.75) is 33.7 Å². The van der Waals surface area contributed by atoms with Crippen LogP contribution >= 0.6 is 0 Å². The highest BCUT2D eigenvalue weighted by molar-refractivity contribution is 4.73. The molecule has 86 valence electrons. The number of hydrogen-bond acceptors (Lipinski definition) is 3. The highest BCUT2D eigenvalue weighted by Gasteiger charge is 2.17. The summed E-state index contributed by atoms with van der Waals surface area (Å²) in [6, 6.07) is 0.668. The lowest BCUT2D eigenvalue weighted by molar-refractivity contribution is 0.0939. The molecule has 1 N–H and O–H groups in total. The number of β-amino-alcohol motifs (C(OH)–C–C–N with tert-alkyl or cyclic N) is 1. The fourth-order valence-electron chi connectivity index (χ4n) is 1.64. The molecule has 0 aliphatic carbocycles. The van der Waals surface area contributed by atoms with Crippen molar-refractivity contribution in [3.05, 3.63) is 0 Å². The summed E-state index contributed by atoms with van der Waals surface area (Å²) in [6.45, 7) is 14.1. The van der Waals surface area contributed by atoms with Gasteiger partial charge in [0.15, 0.2) is 0 Å². The van der Waals surface area contributed by atoms with Gasteiger partial charge in [0.05, 0.1) is 6.61 Å². The first-order chi connectivity index (χ1) is 6.74. The van der Waals surface area contributed by atoms with Crippen molar-refractivity contribution in [3.63, 3.8) is 0 Å². The first-order valence-corrected chi connectivity index (χ1v) is 5.81. The Labute approximate surface area is 88.7 Å². The van der Waals surface area contributed by atoms with Crippen LogP contribution in [-0.2, 0) is 0 Å². The maximum Gasteiger partial charge on any atom is 0.0558 e. The second-order valence-electron chi connectivity index (χ2n) is 3.69. The molecule has 0 aromatic heterocycles. The summed E-state index contributed by atoms with van der Waals surface area (Å²) in [5, 5.41) is 8.74. The van der Waals surface area contributed by atoms with Crippen molar-refractivity contribution in [2.24, 2.45) is 0 Å². The van der Waals surface area contributed by atoms with Gasteiger partial charge in [0.25, 0.3) is 0 Å². The number of hydrogen-bond donors (Lipinski definition) is 1. The number of aliphatic hydroxyl groups excluding tert-OH is 1. The number of nitrogens with zero attached hydrogens (tertiary/aromatic N) is 2. The van der Waals surface area contributed by atoms with Crippen LogP contribution in [0.5, 0.6) is 0 Å². The molecule has 0 saturated carbocycles. The highest BCUT2D eigenvalue weighted by Crippen LogP contribution is 2.04. The van der Waals surface area contributed by atoms with Gasteiger partial charge >= 0.3 is 0 Å². The van der Waals surface area contributed by atoms with E-state index in [1.165, 1.54) is 0 Å². The molecular weight excluding hydrogens is 176 g/mol. The number of aliphatic hydroxyl groups is 1. The lowest BCUT2D eigenvalue weighted by Crippen LogP contribution is -2.49. The molecular formula is C11H26N2O. The Hall–Kier alpha value is -0.120. The molecule has 1 rings (SSSR count). The third kappa shape index (κ3) is 4.94. The summed E-state index contributed by atoms with van der Waals surface area (Å²) in [5.41, 5.74) is 0. The molecule has 1 fully saturated rings. The Morgan fingerprint density at radius 3 is 1.93 bits per heavy atom. The van der Waals surface area contributed by atoms with E-state index in [4.69, 9.17) is 5.11 Å². The lowest BCUT2D eigenvalue weighted by Gasteiger charge is -2.36.